The van der Waals surface area contributed by atoms with Crippen LogP contribution in [0.4, 0.5) is 0 Å². The molecule has 0 radical (unpaired) electrons. The zero-order valence-corrected chi connectivity index (χ0v) is 10.2. The van der Waals surface area contributed by atoms with Crippen LogP contribution < -0.4 is 4.74 Å². The van der Waals surface area contributed by atoms with E-state index < -0.39 is 11.9 Å². The summed E-state index contributed by atoms with van der Waals surface area (Å²) in [7, 11) is 0. The van der Waals surface area contributed by atoms with Gasteiger partial charge < -0.3 is 14.4 Å². The van der Waals surface area contributed by atoms with Gasteiger partial charge in [-0.3, -0.25) is 0 Å². The van der Waals surface area contributed by atoms with Crippen LogP contribution in [0.3, 0.4) is 0 Å². The lowest BCUT2D eigenvalue weighted by Crippen LogP contribution is -2.08. The van der Waals surface area contributed by atoms with E-state index in [2.05, 4.69) is 14.7 Å². The zero-order valence-electron chi connectivity index (χ0n) is 9.46. The molecular weight excluding hydrogens is 272 g/mol. The van der Waals surface area contributed by atoms with Crippen molar-refractivity contribution in [1.29, 1.82) is 0 Å². The van der Waals surface area contributed by atoms with Crippen LogP contribution in [0.5, 0.6) is 5.75 Å². The van der Waals surface area contributed by atoms with Gasteiger partial charge in [0.25, 0.3) is 0 Å². The van der Waals surface area contributed by atoms with E-state index in [9.17, 15) is 4.79 Å². The lowest BCUT2D eigenvalue weighted by molar-refractivity contribution is 0.0643. The van der Waals surface area contributed by atoms with Gasteiger partial charge in [-0.25, -0.2) is 4.79 Å². The van der Waals surface area contributed by atoms with Crippen molar-refractivity contribution in [2.75, 3.05) is 6.61 Å². The second-order valence-corrected chi connectivity index (χ2v) is 4.31. The molecule has 96 valence electrons. The van der Waals surface area contributed by atoms with Crippen molar-refractivity contribution < 1.29 is 19.2 Å². The van der Waals surface area contributed by atoms with Gasteiger partial charge in [0.05, 0.1) is 0 Å². The molecule has 0 saturated heterocycles. The lowest BCUT2D eigenvalue weighted by Gasteiger charge is -2.16. The van der Waals surface area contributed by atoms with Gasteiger partial charge in [-0.05, 0) is 24.3 Å². The number of benzene rings is 1. The van der Waals surface area contributed by atoms with E-state index in [1.165, 1.54) is 0 Å². The smallest absolute Gasteiger partial charge is 0.394 e. The third kappa shape index (κ3) is 2.17. The molecule has 0 fully saturated rings. The Balaban J connectivity index is 2.00. The predicted octanol–water partition coefficient (Wildman–Crippen LogP) is 2.35. The van der Waals surface area contributed by atoms with Crippen molar-refractivity contribution in [1.82, 2.24) is 10.1 Å². The van der Waals surface area contributed by atoms with Crippen molar-refractivity contribution in [3.8, 4) is 5.75 Å². The van der Waals surface area contributed by atoms with E-state index in [0.29, 0.717) is 16.3 Å². The van der Waals surface area contributed by atoms with E-state index in [4.69, 9.17) is 21.4 Å². The summed E-state index contributed by atoms with van der Waals surface area (Å²) >= 11 is 5.90. The SMILES string of the molecule is O=C(O)c1nc(C2=Cc3cc(Cl)ccc3OC2)no1. The number of carbonyl (C=O) groups is 1. The molecule has 6 nitrogen and oxygen atoms in total. The first-order valence-electron chi connectivity index (χ1n) is 5.34. The summed E-state index contributed by atoms with van der Waals surface area (Å²) in [5, 5.41) is 12.9. The Morgan fingerprint density at radius 1 is 1.42 bits per heavy atom. The summed E-state index contributed by atoms with van der Waals surface area (Å²) in [6.07, 6.45) is 1.79. The zero-order chi connectivity index (χ0) is 13.4. The maximum atomic E-state index is 10.7. The topological polar surface area (TPSA) is 85.5 Å². The summed E-state index contributed by atoms with van der Waals surface area (Å²) in [5.74, 6) is -0.814. The molecular formula is C12H7ClN2O4. The summed E-state index contributed by atoms with van der Waals surface area (Å²) < 4.78 is 10.1. The summed E-state index contributed by atoms with van der Waals surface area (Å²) in [6, 6.07) is 5.24. The van der Waals surface area contributed by atoms with Crippen LogP contribution in [0.25, 0.3) is 11.6 Å². The van der Waals surface area contributed by atoms with Gasteiger partial charge in [0, 0.05) is 16.2 Å². The molecule has 1 aliphatic rings. The van der Waals surface area contributed by atoms with Gasteiger partial charge in [-0.1, -0.05) is 16.8 Å². The number of aromatic nitrogens is 2. The second kappa shape index (κ2) is 4.40. The molecule has 0 saturated carbocycles. The number of carboxylic acid groups (broad SMARTS) is 1. The quantitative estimate of drug-likeness (QED) is 0.907. The van der Waals surface area contributed by atoms with E-state index in [-0.39, 0.29) is 12.4 Å². The molecule has 1 aliphatic heterocycles. The van der Waals surface area contributed by atoms with Crippen LogP contribution in [-0.4, -0.2) is 27.8 Å². The van der Waals surface area contributed by atoms with Crippen LogP contribution >= 0.6 is 11.6 Å². The van der Waals surface area contributed by atoms with Gasteiger partial charge in [-0.2, -0.15) is 4.98 Å². The molecule has 2 heterocycles. The molecule has 0 atom stereocenters. The maximum absolute atomic E-state index is 10.7. The number of aromatic carboxylic acids is 1. The first-order valence-corrected chi connectivity index (χ1v) is 5.71. The number of nitrogens with zero attached hydrogens (tertiary/aromatic N) is 2. The minimum absolute atomic E-state index is 0.197. The van der Waals surface area contributed by atoms with Crippen LogP contribution in [0.15, 0.2) is 22.7 Å². The standard InChI is InChI=1S/C12H7ClN2O4/c13-8-1-2-9-6(4-8)3-7(5-18-9)10-14-11(12(16)17)19-15-10/h1-4H,5H2,(H,16,17). The van der Waals surface area contributed by atoms with Crippen molar-refractivity contribution in [2.24, 2.45) is 0 Å². The lowest BCUT2D eigenvalue weighted by atomic mass is 10.1. The largest absolute Gasteiger partial charge is 0.488 e. The molecule has 7 heteroatoms. The van der Waals surface area contributed by atoms with Gasteiger partial charge in [0.2, 0.25) is 5.82 Å². The Kier molecular flexibility index (Phi) is 2.72. The number of hydrogen-bond donors (Lipinski definition) is 1. The van der Waals surface area contributed by atoms with Crippen LogP contribution in [-0.2, 0) is 0 Å². The molecule has 0 unspecified atom stereocenters. The number of fused-ring (bicyclic) bond motifs is 1. The Morgan fingerprint density at radius 2 is 2.26 bits per heavy atom. The third-order valence-electron chi connectivity index (χ3n) is 2.58. The highest BCUT2D eigenvalue weighted by Crippen LogP contribution is 2.31. The Morgan fingerprint density at radius 3 is 3.00 bits per heavy atom. The maximum Gasteiger partial charge on any atom is 0.394 e. The average molecular weight is 279 g/mol. The van der Waals surface area contributed by atoms with Crippen LogP contribution in [0.2, 0.25) is 5.02 Å². The Hall–Kier alpha value is -2.34. The molecule has 0 amide bonds. The molecule has 2 aromatic rings. The number of halogens is 1. The monoisotopic (exact) mass is 278 g/mol. The first kappa shape index (κ1) is 11.7. The molecule has 19 heavy (non-hydrogen) atoms. The number of hydrogen-bond acceptors (Lipinski definition) is 5. The third-order valence-corrected chi connectivity index (χ3v) is 2.82. The van der Waals surface area contributed by atoms with Gasteiger partial charge in [0.15, 0.2) is 0 Å². The Bertz CT molecular complexity index is 693. The summed E-state index contributed by atoms with van der Waals surface area (Å²) in [6.45, 7) is 0.243. The number of ether oxygens (including phenoxy) is 1. The second-order valence-electron chi connectivity index (χ2n) is 3.87. The van der Waals surface area contributed by atoms with E-state index in [1.54, 1.807) is 24.3 Å². The highest BCUT2D eigenvalue weighted by atomic mass is 35.5. The van der Waals surface area contributed by atoms with Crippen molar-refractivity contribution in [3.05, 3.63) is 40.5 Å². The molecule has 0 aliphatic carbocycles. The van der Waals surface area contributed by atoms with Crippen LogP contribution in [0.1, 0.15) is 22.1 Å². The molecule has 1 aromatic carbocycles. The van der Waals surface area contributed by atoms with E-state index in [1.807, 2.05) is 0 Å². The molecule has 0 spiro atoms. The van der Waals surface area contributed by atoms with Crippen LogP contribution in [0, 0.1) is 0 Å². The minimum Gasteiger partial charge on any atom is -0.488 e. The van der Waals surface area contributed by atoms with Gasteiger partial charge >= 0.3 is 11.9 Å². The van der Waals surface area contributed by atoms with E-state index >= 15 is 0 Å². The fourth-order valence-electron chi connectivity index (χ4n) is 1.72. The van der Waals surface area contributed by atoms with E-state index in [0.717, 1.165) is 5.56 Å². The number of carboxylic acids is 1. The normalized spacial score (nSPS) is 13.4. The summed E-state index contributed by atoms with van der Waals surface area (Å²) in [4.78, 5) is 14.4. The van der Waals surface area contributed by atoms with Crippen molar-refractivity contribution >= 4 is 29.2 Å². The predicted molar refractivity (Wildman–Crippen MR) is 66.1 cm³/mol. The molecule has 0 bridgehead atoms. The fraction of sp³-hybridized carbons (Fsp3) is 0.0833. The van der Waals surface area contributed by atoms with Gasteiger partial charge in [-0.15, -0.1) is 0 Å². The Labute approximate surface area is 112 Å². The number of rotatable bonds is 2. The fourth-order valence-corrected chi connectivity index (χ4v) is 1.90. The van der Waals surface area contributed by atoms with Crippen molar-refractivity contribution in [3.63, 3.8) is 0 Å². The molecule has 1 N–H and O–H groups in total. The van der Waals surface area contributed by atoms with Gasteiger partial charge in [0.1, 0.15) is 12.4 Å². The first-order chi connectivity index (χ1) is 9.13. The van der Waals surface area contributed by atoms with Crippen molar-refractivity contribution in [2.45, 2.75) is 0 Å². The minimum atomic E-state index is -1.26. The highest BCUT2D eigenvalue weighted by molar-refractivity contribution is 6.30. The average Bonchev–Trinajstić information content (AvgIpc) is 2.87. The summed E-state index contributed by atoms with van der Waals surface area (Å²) in [5.41, 5.74) is 1.42. The molecule has 3 rings (SSSR count). The molecule has 1 aromatic heterocycles. The highest BCUT2D eigenvalue weighted by Gasteiger charge is 2.20.